The van der Waals surface area contributed by atoms with E-state index in [2.05, 4.69) is 65.1 Å². The highest BCUT2D eigenvalue weighted by molar-refractivity contribution is 9.10. The second-order valence-corrected chi connectivity index (χ2v) is 6.32. The first-order valence-corrected chi connectivity index (χ1v) is 7.32. The van der Waals surface area contributed by atoms with Gasteiger partial charge in [-0.05, 0) is 49.6 Å². The van der Waals surface area contributed by atoms with Crippen molar-refractivity contribution in [1.82, 2.24) is 9.80 Å². The number of nitrogens with zero attached hydrogens (tertiary/aromatic N) is 2. The third-order valence-corrected chi connectivity index (χ3v) is 4.32. The van der Waals surface area contributed by atoms with E-state index in [0.717, 1.165) is 19.6 Å². The molecule has 1 heterocycles. The lowest BCUT2D eigenvalue weighted by molar-refractivity contribution is 0.175. The third kappa shape index (κ3) is 4.53. The van der Waals surface area contributed by atoms with Gasteiger partial charge in [0.15, 0.2) is 0 Å². The van der Waals surface area contributed by atoms with Gasteiger partial charge in [-0.15, -0.1) is 11.3 Å². The summed E-state index contributed by atoms with van der Waals surface area (Å²) in [5.74, 6) is 0. The summed E-state index contributed by atoms with van der Waals surface area (Å²) in [6, 6.07) is 2.82. The zero-order valence-electron chi connectivity index (χ0n) is 10.5. The van der Waals surface area contributed by atoms with Crippen LogP contribution in [0.25, 0.3) is 0 Å². The lowest BCUT2D eigenvalue weighted by Gasteiger charge is -2.29. The Morgan fingerprint density at radius 3 is 2.56 bits per heavy atom. The van der Waals surface area contributed by atoms with Crippen LogP contribution in [0.2, 0.25) is 0 Å². The van der Waals surface area contributed by atoms with Crippen molar-refractivity contribution in [3.05, 3.63) is 20.8 Å². The molecule has 0 aliphatic carbocycles. The molecule has 92 valence electrons. The highest BCUT2D eigenvalue weighted by Gasteiger charge is 2.13. The molecular weight excluding hydrogens is 284 g/mol. The molecule has 1 aromatic heterocycles. The maximum absolute atomic E-state index is 3.50. The van der Waals surface area contributed by atoms with Gasteiger partial charge in [-0.25, -0.2) is 0 Å². The summed E-state index contributed by atoms with van der Waals surface area (Å²) >= 11 is 5.33. The van der Waals surface area contributed by atoms with Crippen molar-refractivity contribution in [2.45, 2.75) is 26.4 Å². The molecule has 0 saturated carbocycles. The second-order valence-electron chi connectivity index (χ2n) is 4.41. The molecule has 0 aliphatic rings. The zero-order chi connectivity index (χ0) is 12.1. The lowest BCUT2D eigenvalue weighted by Crippen LogP contribution is -2.39. The summed E-state index contributed by atoms with van der Waals surface area (Å²) in [6.07, 6.45) is 0. The van der Waals surface area contributed by atoms with Crippen LogP contribution in [-0.4, -0.2) is 43.0 Å². The Kier molecular flexibility index (Phi) is 5.97. The average molecular weight is 305 g/mol. The summed E-state index contributed by atoms with van der Waals surface area (Å²) in [7, 11) is 4.26. The first kappa shape index (κ1) is 14.2. The van der Waals surface area contributed by atoms with Crippen LogP contribution in [0.15, 0.2) is 15.9 Å². The Morgan fingerprint density at radius 2 is 2.12 bits per heavy atom. The second kappa shape index (κ2) is 6.74. The summed E-state index contributed by atoms with van der Waals surface area (Å²) in [5.41, 5.74) is 0. The molecule has 0 bridgehead atoms. The minimum Gasteiger partial charge on any atom is -0.308 e. The topological polar surface area (TPSA) is 6.48 Å². The third-order valence-electron chi connectivity index (χ3n) is 2.64. The molecule has 0 fully saturated rings. The fourth-order valence-electron chi connectivity index (χ4n) is 1.86. The van der Waals surface area contributed by atoms with Gasteiger partial charge in [0, 0.05) is 33.9 Å². The Morgan fingerprint density at radius 1 is 1.44 bits per heavy atom. The van der Waals surface area contributed by atoms with E-state index in [1.807, 2.05) is 11.3 Å². The molecule has 0 N–H and O–H groups in total. The number of hydrogen-bond donors (Lipinski definition) is 0. The highest BCUT2D eigenvalue weighted by Crippen LogP contribution is 2.21. The number of halogens is 1. The fraction of sp³-hybridized carbons (Fsp3) is 0.667. The van der Waals surface area contributed by atoms with Gasteiger partial charge in [0.25, 0.3) is 0 Å². The predicted molar refractivity (Wildman–Crippen MR) is 76.1 cm³/mol. The monoisotopic (exact) mass is 304 g/mol. The number of hydrogen-bond acceptors (Lipinski definition) is 3. The predicted octanol–water partition coefficient (Wildman–Crippen LogP) is 3.28. The Bertz CT molecular complexity index is 312. The van der Waals surface area contributed by atoms with E-state index in [-0.39, 0.29) is 0 Å². The van der Waals surface area contributed by atoms with Crippen molar-refractivity contribution in [1.29, 1.82) is 0 Å². The molecule has 2 nitrogen and oxygen atoms in total. The molecule has 1 aromatic rings. The van der Waals surface area contributed by atoms with Crippen LogP contribution in [0.5, 0.6) is 0 Å². The molecule has 0 aromatic carbocycles. The molecule has 4 heteroatoms. The quantitative estimate of drug-likeness (QED) is 0.796. The Hall–Kier alpha value is 0.1000. The standard InChI is InChI=1S/C12H21BrN2S/c1-5-15(10(2)7-14(3)4)8-12-6-11(13)9-16-12/h6,9-10H,5,7-8H2,1-4H3. The minimum absolute atomic E-state index is 0.598. The van der Waals surface area contributed by atoms with Crippen LogP contribution >= 0.6 is 27.3 Å². The van der Waals surface area contributed by atoms with Crippen LogP contribution in [0.1, 0.15) is 18.7 Å². The van der Waals surface area contributed by atoms with Crippen molar-refractivity contribution in [3.63, 3.8) is 0 Å². The van der Waals surface area contributed by atoms with Crippen LogP contribution in [0, 0.1) is 0 Å². The zero-order valence-corrected chi connectivity index (χ0v) is 12.9. The Balaban J connectivity index is 2.54. The van der Waals surface area contributed by atoms with E-state index >= 15 is 0 Å². The van der Waals surface area contributed by atoms with E-state index in [0.29, 0.717) is 6.04 Å². The molecule has 1 rings (SSSR count). The summed E-state index contributed by atoms with van der Waals surface area (Å²) < 4.78 is 1.20. The number of thiophene rings is 1. The van der Waals surface area contributed by atoms with Crippen LogP contribution < -0.4 is 0 Å². The minimum atomic E-state index is 0.598. The molecule has 0 radical (unpaired) electrons. The number of likely N-dealkylation sites (N-methyl/N-ethyl adjacent to an activating group) is 2. The van der Waals surface area contributed by atoms with Gasteiger partial charge < -0.3 is 4.90 Å². The summed E-state index contributed by atoms with van der Waals surface area (Å²) in [5, 5.41) is 2.15. The Labute approximate surface area is 111 Å². The van der Waals surface area contributed by atoms with Gasteiger partial charge in [-0.2, -0.15) is 0 Å². The van der Waals surface area contributed by atoms with E-state index in [1.54, 1.807) is 0 Å². The van der Waals surface area contributed by atoms with Crippen molar-refractivity contribution in [2.75, 3.05) is 27.2 Å². The SMILES string of the molecule is CCN(Cc1cc(Br)cs1)C(C)CN(C)C. The maximum atomic E-state index is 3.50. The van der Waals surface area contributed by atoms with Crippen LogP contribution in [0.3, 0.4) is 0 Å². The maximum Gasteiger partial charge on any atom is 0.0331 e. The molecule has 16 heavy (non-hydrogen) atoms. The van der Waals surface area contributed by atoms with Crippen molar-refractivity contribution < 1.29 is 0 Å². The largest absolute Gasteiger partial charge is 0.308 e. The van der Waals surface area contributed by atoms with E-state index in [4.69, 9.17) is 0 Å². The summed E-state index contributed by atoms with van der Waals surface area (Å²) in [6.45, 7) is 7.80. The van der Waals surface area contributed by atoms with Crippen molar-refractivity contribution in [2.24, 2.45) is 0 Å². The highest BCUT2D eigenvalue weighted by atomic mass is 79.9. The first-order chi connectivity index (χ1) is 7.52. The van der Waals surface area contributed by atoms with Gasteiger partial charge in [-0.3, -0.25) is 4.90 Å². The van der Waals surface area contributed by atoms with E-state index < -0.39 is 0 Å². The number of rotatable bonds is 6. The fourth-order valence-corrected chi connectivity index (χ4v) is 3.34. The van der Waals surface area contributed by atoms with Gasteiger partial charge >= 0.3 is 0 Å². The van der Waals surface area contributed by atoms with Crippen molar-refractivity contribution >= 4 is 27.3 Å². The van der Waals surface area contributed by atoms with Gasteiger partial charge in [0.2, 0.25) is 0 Å². The molecule has 0 aliphatic heterocycles. The van der Waals surface area contributed by atoms with Gasteiger partial charge in [0.05, 0.1) is 0 Å². The smallest absolute Gasteiger partial charge is 0.0331 e. The van der Waals surface area contributed by atoms with Gasteiger partial charge in [-0.1, -0.05) is 6.92 Å². The van der Waals surface area contributed by atoms with Crippen LogP contribution in [0.4, 0.5) is 0 Å². The molecule has 0 spiro atoms. The first-order valence-electron chi connectivity index (χ1n) is 5.64. The molecule has 1 unspecified atom stereocenters. The van der Waals surface area contributed by atoms with Gasteiger partial charge in [0.1, 0.15) is 0 Å². The molecule has 0 saturated heterocycles. The average Bonchev–Trinajstić information content (AvgIpc) is 2.59. The molecular formula is C12H21BrN2S. The normalized spacial score (nSPS) is 13.7. The molecule has 1 atom stereocenters. The summed E-state index contributed by atoms with van der Waals surface area (Å²) in [4.78, 5) is 6.19. The van der Waals surface area contributed by atoms with E-state index in [1.165, 1.54) is 9.35 Å². The lowest BCUT2D eigenvalue weighted by atomic mass is 10.2. The van der Waals surface area contributed by atoms with Crippen molar-refractivity contribution in [3.8, 4) is 0 Å². The van der Waals surface area contributed by atoms with Crippen LogP contribution in [-0.2, 0) is 6.54 Å². The molecule has 0 amide bonds. The van der Waals surface area contributed by atoms with E-state index in [9.17, 15) is 0 Å².